The van der Waals surface area contributed by atoms with Crippen LogP contribution in [0, 0.1) is 5.92 Å². The molecule has 0 bridgehead atoms. The number of amides is 1. The third kappa shape index (κ3) is 2.55. The van der Waals surface area contributed by atoms with Crippen molar-refractivity contribution in [3.63, 3.8) is 0 Å². The third-order valence-corrected chi connectivity index (χ3v) is 3.79. The number of ketones is 1. The fourth-order valence-corrected chi connectivity index (χ4v) is 2.79. The first-order valence-corrected chi connectivity index (χ1v) is 6.69. The molecule has 1 saturated heterocycles. The lowest BCUT2D eigenvalue weighted by atomic mass is 9.86. The van der Waals surface area contributed by atoms with Crippen LogP contribution in [0.4, 0.5) is 0 Å². The average Bonchev–Trinajstić information content (AvgIpc) is 2.68. The summed E-state index contributed by atoms with van der Waals surface area (Å²) >= 11 is 0. The number of hydrogen-bond donors (Lipinski definition) is 0. The van der Waals surface area contributed by atoms with Gasteiger partial charge in [0.1, 0.15) is 11.7 Å². The Bertz CT molecular complexity index is 487. The zero-order valence-electron chi connectivity index (χ0n) is 12.0. The van der Waals surface area contributed by atoms with E-state index in [-0.39, 0.29) is 23.1 Å². The molecule has 3 nitrogen and oxygen atoms in total. The summed E-state index contributed by atoms with van der Waals surface area (Å²) in [6.07, 6.45) is 0. The highest BCUT2D eigenvalue weighted by molar-refractivity contribution is 6.03. The predicted octanol–water partition coefficient (Wildman–Crippen LogP) is 2.62. The molecule has 0 saturated carbocycles. The quantitative estimate of drug-likeness (QED) is 0.766. The van der Waals surface area contributed by atoms with Crippen molar-refractivity contribution in [1.82, 2.24) is 4.90 Å². The molecular formula is C16H21NO2. The van der Waals surface area contributed by atoms with Crippen LogP contribution in [0.5, 0.6) is 0 Å². The molecule has 1 aliphatic heterocycles. The highest BCUT2D eigenvalue weighted by Crippen LogP contribution is 2.37. The fourth-order valence-electron chi connectivity index (χ4n) is 2.79. The largest absolute Gasteiger partial charge is 0.337 e. The van der Waals surface area contributed by atoms with Crippen molar-refractivity contribution in [3.8, 4) is 0 Å². The zero-order valence-corrected chi connectivity index (χ0v) is 12.0. The van der Waals surface area contributed by atoms with Crippen molar-refractivity contribution < 1.29 is 9.59 Å². The second kappa shape index (κ2) is 4.80. The summed E-state index contributed by atoms with van der Waals surface area (Å²) in [5, 5.41) is 0. The van der Waals surface area contributed by atoms with Crippen molar-refractivity contribution in [3.05, 3.63) is 35.9 Å². The van der Waals surface area contributed by atoms with Gasteiger partial charge >= 0.3 is 0 Å². The molecule has 1 amide bonds. The maximum absolute atomic E-state index is 12.5. The van der Waals surface area contributed by atoms with Crippen LogP contribution in [0.25, 0.3) is 0 Å². The first kappa shape index (κ1) is 13.8. The molecule has 19 heavy (non-hydrogen) atoms. The Labute approximate surface area is 114 Å². The van der Waals surface area contributed by atoms with Crippen LogP contribution >= 0.6 is 0 Å². The number of benzene rings is 1. The SMILES string of the molecule is CC(=O)C1C(=O)N(C(C)(C)C)CC1c1ccccc1. The molecule has 0 aromatic heterocycles. The number of carbonyl (C=O) groups excluding carboxylic acids is 2. The summed E-state index contributed by atoms with van der Waals surface area (Å²) in [6.45, 7) is 8.17. The molecule has 0 spiro atoms. The molecule has 1 aromatic rings. The molecule has 1 aromatic carbocycles. The van der Waals surface area contributed by atoms with Crippen molar-refractivity contribution in [2.24, 2.45) is 5.92 Å². The van der Waals surface area contributed by atoms with Gasteiger partial charge in [-0.05, 0) is 33.3 Å². The van der Waals surface area contributed by atoms with E-state index in [1.165, 1.54) is 6.92 Å². The highest BCUT2D eigenvalue weighted by atomic mass is 16.2. The van der Waals surface area contributed by atoms with Crippen molar-refractivity contribution >= 4 is 11.7 Å². The molecule has 1 fully saturated rings. The highest BCUT2D eigenvalue weighted by Gasteiger charge is 2.47. The van der Waals surface area contributed by atoms with Gasteiger partial charge in [-0.1, -0.05) is 30.3 Å². The molecule has 1 aliphatic rings. The maximum Gasteiger partial charge on any atom is 0.234 e. The Hall–Kier alpha value is -1.64. The van der Waals surface area contributed by atoms with Crippen LogP contribution < -0.4 is 0 Å². The van der Waals surface area contributed by atoms with Crippen LogP contribution in [0.1, 0.15) is 39.2 Å². The standard InChI is InChI=1S/C16H21NO2/c1-11(18)14-13(12-8-6-5-7-9-12)10-17(15(14)19)16(2,3)4/h5-9,13-14H,10H2,1-4H3. The summed E-state index contributed by atoms with van der Waals surface area (Å²) in [7, 11) is 0. The van der Waals surface area contributed by atoms with Gasteiger partial charge in [-0.25, -0.2) is 0 Å². The van der Waals surface area contributed by atoms with Crippen LogP contribution in [-0.2, 0) is 9.59 Å². The van der Waals surface area contributed by atoms with E-state index in [0.29, 0.717) is 6.54 Å². The van der Waals surface area contributed by atoms with Gasteiger partial charge in [0.2, 0.25) is 5.91 Å². The lowest BCUT2D eigenvalue weighted by Gasteiger charge is -2.32. The molecule has 0 radical (unpaired) electrons. The smallest absolute Gasteiger partial charge is 0.234 e. The second-order valence-electron chi connectivity index (χ2n) is 6.23. The minimum Gasteiger partial charge on any atom is -0.337 e. The summed E-state index contributed by atoms with van der Waals surface area (Å²) in [5.41, 5.74) is 0.830. The Kier molecular flexibility index (Phi) is 3.48. The van der Waals surface area contributed by atoms with Gasteiger partial charge in [0.05, 0.1) is 0 Å². The molecule has 2 rings (SSSR count). The topological polar surface area (TPSA) is 37.4 Å². The molecule has 102 valence electrons. The van der Waals surface area contributed by atoms with Gasteiger partial charge < -0.3 is 4.90 Å². The van der Waals surface area contributed by atoms with E-state index in [0.717, 1.165) is 5.56 Å². The first-order valence-electron chi connectivity index (χ1n) is 6.69. The summed E-state index contributed by atoms with van der Waals surface area (Å²) < 4.78 is 0. The Morgan fingerprint density at radius 3 is 2.26 bits per heavy atom. The van der Waals surface area contributed by atoms with E-state index in [9.17, 15) is 9.59 Å². The van der Waals surface area contributed by atoms with Gasteiger partial charge in [0, 0.05) is 18.0 Å². The molecule has 0 aliphatic carbocycles. The predicted molar refractivity (Wildman–Crippen MR) is 74.8 cm³/mol. The summed E-state index contributed by atoms with van der Waals surface area (Å²) in [5.74, 6) is -0.619. The van der Waals surface area contributed by atoms with E-state index in [4.69, 9.17) is 0 Å². The first-order chi connectivity index (χ1) is 8.82. The number of likely N-dealkylation sites (tertiary alicyclic amines) is 1. The normalized spacial score (nSPS) is 23.8. The number of carbonyl (C=O) groups is 2. The molecule has 3 heteroatoms. The summed E-state index contributed by atoms with van der Waals surface area (Å²) in [4.78, 5) is 26.2. The van der Waals surface area contributed by atoms with Crippen LogP contribution in [0.15, 0.2) is 30.3 Å². The van der Waals surface area contributed by atoms with Crippen molar-refractivity contribution in [1.29, 1.82) is 0 Å². The monoisotopic (exact) mass is 259 g/mol. The van der Waals surface area contributed by atoms with E-state index in [2.05, 4.69) is 0 Å². The van der Waals surface area contributed by atoms with Gasteiger partial charge in [0.25, 0.3) is 0 Å². The Balaban J connectivity index is 2.38. The minimum absolute atomic E-state index is 0.0228. The van der Waals surface area contributed by atoms with E-state index < -0.39 is 5.92 Å². The van der Waals surface area contributed by atoms with E-state index in [1.807, 2.05) is 56.0 Å². The lowest BCUT2D eigenvalue weighted by Crippen LogP contribution is -2.43. The number of hydrogen-bond acceptors (Lipinski definition) is 2. The van der Waals surface area contributed by atoms with Crippen molar-refractivity contribution in [2.75, 3.05) is 6.54 Å². The van der Waals surface area contributed by atoms with Crippen LogP contribution in [0.3, 0.4) is 0 Å². The van der Waals surface area contributed by atoms with Gasteiger partial charge in [0.15, 0.2) is 0 Å². The Morgan fingerprint density at radius 1 is 1.21 bits per heavy atom. The van der Waals surface area contributed by atoms with E-state index in [1.54, 1.807) is 0 Å². The minimum atomic E-state index is -0.526. The number of nitrogens with zero attached hydrogens (tertiary/aromatic N) is 1. The lowest BCUT2D eigenvalue weighted by molar-refractivity contribution is -0.139. The molecule has 0 N–H and O–H groups in total. The van der Waals surface area contributed by atoms with Crippen LogP contribution in [-0.4, -0.2) is 28.7 Å². The van der Waals surface area contributed by atoms with Gasteiger partial charge in [-0.2, -0.15) is 0 Å². The number of rotatable bonds is 2. The van der Waals surface area contributed by atoms with E-state index >= 15 is 0 Å². The molecule has 1 heterocycles. The fraction of sp³-hybridized carbons (Fsp3) is 0.500. The average molecular weight is 259 g/mol. The second-order valence-corrected chi connectivity index (χ2v) is 6.23. The Morgan fingerprint density at radius 2 is 1.79 bits per heavy atom. The molecule has 2 unspecified atom stereocenters. The van der Waals surface area contributed by atoms with Crippen molar-refractivity contribution in [2.45, 2.75) is 39.2 Å². The molecule has 2 atom stereocenters. The number of Topliss-reactive ketones (excluding diaryl/α,β-unsaturated/α-hetero) is 1. The van der Waals surface area contributed by atoms with Gasteiger partial charge in [-0.15, -0.1) is 0 Å². The van der Waals surface area contributed by atoms with Gasteiger partial charge in [-0.3, -0.25) is 9.59 Å². The molecular weight excluding hydrogens is 238 g/mol. The zero-order chi connectivity index (χ0) is 14.2. The van der Waals surface area contributed by atoms with Crippen LogP contribution in [0.2, 0.25) is 0 Å². The maximum atomic E-state index is 12.5. The third-order valence-electron chi connectivity index (χ3n) is 3.79. The summed E-state index contributed by atoms with van der Waals surface area (Å²) in [6, 6.07) is 9.86.